The molecule has 0 aliphatic carbocycles. The van der Waals surface area contributed by atoms with Crippen LogP contribution in [0.15, 0.2) is 0 Å². The van der Waals surface area contributed by atoms with Crippen molar-refractivity contribution in [2.24, 2.45) is 11.3 Å². The minimum absolute atomic E-state index is 0.528. The van der Waals surface area contributed by atoms with Crippen LogP contribution in [-0.2, 0) is 0 Å². The molecule has 0 saturated heterocycles. The van der Waals surface area contributed by atoms with Crippen molar-refractivity contribution in [1.82, 2.24) is 0 Å². The van der Waals surface area contributed by atoms with E-state index in [2.05, 4.69) is 41.0 Å². The van der Waals surface area contributed by atoms with Gasteiger partial charge in [0, 0.05) is 0 Å². The Balaban J connectivity index is 3.56. The van der Waals surface area contributed by atoms with Gasteiger partial charge < -0.3 is 0 Å². The Hall–Kier alpha value is 0. The monoisotopic (exact) mass is 169 g/mol. The Bertz CT molecular complexity index is 101. The summed E-state index contributed by atoms with van der Waals surface area (Å²) in [4.78, 5) is 0. The van der Waals surface area contributed by atoms with Gasteiger partial charge in [-0.3, -0.25) is 0 Å². The number of hydrogen-bond acceptors (Lipinski definition) is 0. The Kier molecular flexibility index (Phi) is 5.61. The molecule has 0 heteroatoms. The van der Waals surface area contributed by atoms with E-state index in [1.54, 1.807) is 0 Å². The molecule has 0 aromatic carbocycles. The standard InChI is InChI=1S/C12H25/c1-6-7-9-12(4,5)10-8-11(2)3/h8,11H,6-7,9-10H2,1-5H3. The minimum atomic E-state index is 0.528. The summed E-state index contributed by atoms with van der Waals surface area (Å²) in [6.07, 6.45) is 7.77. The molecule has 0 atom stereocenters. The molecule has 0 aromatic rings. The van der Waals surface area contributed by atoms with E-state index in [1.165, 1.54) is 25.7 Å². The molecular formula is C12H25. The third-order valence-electron chi connectivity index (χ3n) is 2.35. The maximum atomic E-state index is 2.44. The normalized spacial score (nSPS) is 12.5. The lowest BCUT2D eigenvalue weighted by atomic mass is 9.81. The Morgan fingerprint density at radius 1 is 1.25 bits per heavy atom. The van der Waals surface area contributed by atoms with Gasteiger partial charge in [-0.1, -0.05) is 47.5 Å². The highest BCUT2D eigenvalue weighted by Gasteiger charge is 2.16. The first-order valence-corrected chi connectivity index (χ1v) is 5.31. The number of unbranched alkanes of at least 4 members (excludes halogenated alkanes) is 1. The van der Waals surface area contributed by atoms with Gasteiger partial charge in [0.25, 0.3) is 0 Å². The maximum absolute atomic E-state index is 2.44. The highest BCUT2D eigenvalue weighted by atomic mass is 14.2. The van der Waals surface area contributed by atoms with Gasteiger partial charge in [-0.2, -0.15) is 0 Å². The highest BCUT2D eigenvalue weighted by Crippen LogP contribution is 2.29. The first kappa shape index (κ1) is 12.0. The average molecular weight is 169 g/mol. The van der Waals surface area contributed by atoms with Gasteiger partial charge in [-0.15, -0.1) is 0 Å². The van der Waals surface area contributed by atoms with Crippen molar-refractivity contribution in [2.45, 2.75) is 60.3 Å². The summed E-state index contributed by atoms with van der Waals surface area (Å²) in [5.41, 5.74) is 0.528. The second kappa shape index (κ2) is 5.61. The van der Waals surface area contributed by atoms with E-state index in [-0.39, 0.29) is 0 Å². The van der Waals surface area contributed by atoms with E-state index in [0.29, 0.717) is 5.41 Å². The van der Waals surface area contributed by atoms with Crippen LogP contribution >= 0.6 is 0 Å². The molecule has 0 aliphatic rings. The number of rotatable bonds is 6. The van der Waals surface area contributed by atoms with Gasteiger partial charge in [-0.25, -0.2) is 0 Å². The fourth-order valence-electron chi connectivity index (χ4n) is 1.31. The van der Waals surface area contributed by atoms with Crippen molar-refractivity contribution in [3.63, 3.8) is 0 Å². The predicted octanol–water partition coefficient (Wildman–Crippen LogP) is 4.45. The predicted molar refractivity (Wildman–Crippen MR) is 57.1 cm³/mol. The van der Waals surface area contributed by atoms with E-state index in [1.807, 2.05) is 0 Å². The van der Waals surface area contributed by atoms with Gasteiger partial charge in [-0.05, 0) is 30.6 Å². The third-order valence-corrected chi connectivity index (χ3v) is 2.35. The van der Waals surface area contributed by atoms with Gasteiger partial charge >= 0.3 is 0 Å². The van der Waals surface area contributed by atoms with Crippen LogP contribution in [0.2, 0.25) is 0 Å². The van der Waals surface area contributed by atoms with Crippen LogP contribution in [0.25, 0.3) is 0 Å². The quantitative estimate of drug-likeness (QED) is 0.551. The molecule has 0 spiro atoms. The SMILES string of the molecule is CCCCC(C)(C)C[CH]C(C)C. The van der Waals surface area contributed by atoms with Gasteiger partial charge in [0.15, 0.2) is 0 Å². The third kappa shape index (κ3) is 6.69. The molecule has 0 bridgehead atoms. The zero-order chi connectivity index (χ0) is 9.61. The molecule has 0 nitrogen and oxygen atoms in total. The van der Waals surface area contributed by atoms with Crippen molar-refractivity contribution < 1.29 is 0 Å². The van der Waals surface area contributed by atoms with Crippen molar-refractivity contribution in [3.8, 4) is 0 Å². The largest absolute Gasteiger partial charge is 0.0654 e. The van der Waals surface area contributed by atoms with Crippen LogP contribution in [0.3, 0.4) is 0 Å². The molecule has 0 rings (SSSR count). The van der Waals surface area contributed by atoms with Crippen LogP contribution in [0.4, 0.5) is 0 Å². The lowest BCUT2D eigenvalue weighted by molar-refractivity contribution is 0.309. The zero-order valence-corrected chi connectivity index (χ0v) is 9.48. The summed E-state index contributed by atoms with van der Waals surface area (Å²) in [7, 11) is 0. The lowest BCUT2D eigenvalue weighted by Gasteiger charge is -2.25. The van der Waals surface area contributed by atoms with Crippen molar-refractivity contribution in [1.29, 1.82) is 0 Å². The summed E-state index contributed by atoms with van der Waals surface area (Å²) in [6, 6.07) is 0. The molecule has 0 amide bonds. The summed E-state index contributed by atoms with van der Waals surface area (Å²) >= 11 is 0. The van der Waals surface area contributed by atoms with E-state index in [0.717, 1.165) is 5.92 Å². The van der Waals surface area contributed by atoms with E-state index in [4.69, 9.17) is 0 Å². The maximum Gasteiger partial charge on any atom is -0.0351 e. The van der Waals surface area contributed by atoms with Gasteiger partial charge in [0.05, 0.1) is 0 Å². The first-order chi connectivity index (χ1) is 5.48. The van der Waals surface area contributed by atoms with Crippen LogP contribution in [0.1, 0.15) is 60.3 Å². The summed E-state index contributed by atoms with van der Waals surface area (Å²) in [6.45, 7) is 11.5. The first-order valence-electron chi connectivity index (χ1n) is 5.31. The van der Waals surface area contributed by atoms with Crippen LogP contribution in [0.5, 0.6) is 0 Å². The fourth-order valence-corrected chi connectivity index (χ4v) is 1.31. The molecule has 0 aliphatic heterocycles. The molecule has 73 valence electrons. The second-order valence-corrected chi connectivity index (χ2v) is 4.95. The van der Waals surface area contributed by atoms with Crippen LogP contribution in [0, 0.1) is 17.8 Å². The minimum Gasteiger partial charge on any atom is -0.0654 e. The summed E-state index contributed by atoms with van der Waals surface area (Å²) in [5.74, 6) is 0.742. The number of hydrogen-bond donors (Lipinski definition) is 0. The van der Waals surface area contributed by atoms with Gasteiger partial charge in [0.2, 0.25) is 0 Å². The zero-order valence-electron chi connectivity index (χ0n) is 9.48. The molecule has 0 heterocycles. The van der Waals surface area contributed by atoms with Gasteiger partial charge in [0.1, 0.15) is 0 Å². The van der Waals surface area contributed by atoms with E-state index in [9.17, 15) is 0 Å². The molecule has 0 fully saturated rings. The highest BCUT2D eigenvalue weighted by molar-refractivity contribution is 4.79. The Morgan fingerprint density at radius 2 is 1.83 bits per heavy atom. The molecule has 0 saturated carbocycles. The lowest BCUT2D eigenvalue weighted by Crippen LogP contribution is -2.12. The van der Waals surface area contributed by atoms with Crippen molar-refractivity contribution in [2.75, 3.05) is 0 Å². The van der Waals surface area contributed by atoms with E-state index >= 15 is 0 Å². The topological polar surface area (TPSA) is 0 Å². The van der Waals surface area contributed by atoms with Crippen LogP contribution < -0.4 is 0 Å². The second-order valence-electron chi connectivity index (χ2n) is 4.95. The van der Waals surface area contributed by atoms with E-state index < -0.39 is 0 Å². The fraction of sp³-hybridized carbons (Fsp3) is 0.917. The summed E-state index contributed by atoms with van der Waals surface area (Å²) < 4.78 is 0. The Labute approximate surface area is 78.8 Å². The molecule has 1 radical (unpaired) electrons. The van der Waals surface area contributed by atoms with Crippen LogP contribution in [-0.4, -0.2) is 0 Å². The summed E-state index contributed by atoms with van der Waals surface area (Å²) in [5, 5.41) is 0. The molecule has 0 N–H and O–H groups in total. The van der Waals surface area contributed by atoms with Crippen molar-refractivity contribution in [3.05, 3.63) is 6.42 Å². The smallest absolute Gasteiger partial charge is 0.0351 e. The Morgan fingerprint density at radius 3 is 2.25 bits per heavy atom. The molecule has 0 aromatic heterocycles. The molecular weight excluding hydrogens is 144 g/mol. The molecule has 0 unspecified atom stereocenters. The average Bonchev–Trinajstić information content (AvgIpc) is 1.98. The van der Waals surface area contributed by atoms with Crippen molar-refractivity contribution >= 4 is 0 Å². The molecule has 12 heavy (non-hydrogen) atoms.